The van der Waals surface area contributed by atoms with E-state index in [1.165, 1.54) is 10.6 Å². The van der Waals surface area contributed by atoms with Crippen molar-refractivity contribution in [2.75, 3.05) is 18.0 Å². The number of aromatic amines is 1. The Labute approximate surface area is 114 Å². The van der Waals surface area contributed by atoms with Gasteiger partial charge >= 0.3 is 5.69 Å². The van der Waals surface area contributed by atoms with E-state index in [4.69, 9.17) is 0 Å². The minimum atomic E-state index is -0.540. The second kappa shape index (κ2) is 4.77. The quantitative estimate of drug-likeness (QED) is 0.904. The van der Waals surface area contributed by atoms with Crippen LogP contribution >= 0.6 is 0 Å². The van der Waals surface area contributed by atoms with Gasteiger partial charge in [0.2, 0.25) is 0 Å². The predicted octanol–water partition coefficient (Wildman–Crippen LogP) is 1.45. The Morgan fingerprint density at radius 2 is 1.95 bits per heavy atom. The number of hydrogen-bond acceptors (Lipinski definition) is 3. The van der Waals surface area contributed by atoms with Crippen LogP contribution in [0.2, 0.25) is 0 Å². The first-order valence-electron chi connectivity index (χ1n) is 6.83. The number of halogens is 1. The van der Waals surface area contributed by atoms with E-state index >= 15 is 0 Å². The van der Waals surface area contributed by atoms with Gasteiger partial charge in [-0.25, -0.2) is 9.18 Å². The van der Waals surface area contributed by atoms with Crippen LogP contribution in [0.1, 0.15) is 19.8 Å². The van der Waals surface area contributed by atoms with E-state index < -0.39 is 17.1 Å². The maximum atomic E-state index is 14.2. The lowest BCUT2D eigenvalue weighted by atomic mass is 10.2. The van der Waals surface area contributed by atoms with E-state index in [0.29, 0.717) is 17.7 Å². The molecule has 20 heavy (non-hydrogen) atoms. The van der Waals surface area contributed by atoms with Crippen LogP contribution in [-0.4, -0.2) is 22.6 Å². The highest BCUT2D eigenvalue weighted by Gasteiger charge is 2.18. The molecule has 5 nitrogen and oxygen atoms in total. The summed E-state index contributed by atoms with van der Waals surface area (Å²) in [4.78, 5) is 27.8. The average Bonchev–Trinajstić information content (AvgIpc) is 2.93. The SMILES string of the molecule is CCn1c(=O)[nH]c(=O)c2cc(F)c(N3CCCC3)cc21. The van der Waals surface area contributed by atoms with Crippen molar-refractivity contribution in [3.8, 4) is 0 Å². The zero-order valence-electron chi connectivity index (χ0n) is 11.3. The molecule has 0 atom stereocenters. The molecule has 0 aliphatic carbocycles. The van der Waals surface area contributed by atoms with Crippen LogP contribution in [0, 0.1) is 5.82 Å². The molecule has 2 aromatic rings. The molecular formula is C14H16FN3O2. The number of H-pyrrole nitrogens is 1. The molecule has 106 valence electrons. The van der Waals surface area contributed by atoms with Gasteiger partial charge in [0.1, 0.15) is 5.82 Å². The van der Waals surface area contributed by atoms with Gasteiger partial charge in [-0.2, -0.15) is 0 Å². The zero-order chi connectivity index (χ0) is 14.3. The standard InChI is InChI=1S/C14H16FN3O2/c1-2-18-11-8-12(17-5-3-4-6-17)10(15)7-9(11)13(19)16-14(18)20/h7-8H,2-6H2,1H3,(H,16,19,20). The number of benzene rings is 1. The summed E-state index contributed by atoms with van der Waals surface area (Å²) >= 11 is 0. The number of hydrogen-bond donors (Lipinski definition) is 1. The molecule has 1 aromatic heterocycles. The fourth-order valence-corrected chi connectivity index (χ4v) is 2.81. The van der Waals surface area contributed by atoms with Gasteiger partial charge < -0.3 is 4.90 Å². The summed E-state index contributed by atoms with van der Waals surface area (Å²) in [7, 11) is 0. The molecule has 3 rings (SSSR count). The van der Waals surface area contributed by atoms with Gasteiger partial charge in [0, 0.05) is 19.6 Å². The molecule has 1 N–H and O–H groups in total. The largest absolute Gasteiger partial charge is 0.369 e. The molecule has 1 fully saturated rings. The Bertz CT molecular complexity index is 772. The highest BCUT2D eigenvalue weighted by Crippen LogP contribution is 2.26. The van der Waals surface area contributed by atoms with Gasteiger partial charge in [-0.15, -0.1) is 0 Å². The molecule has 0 saturated carbocycles. The molecule has 1 aliphatic heterocycles. The number of fused-ring (bicyclic) bond motifs is 1. The first-order chi connectivity index (χ1) is 9.61. The van der Waals surface area contributed by atoms with Crippen LogP contribution in [0.15, 0.2) is 21.7 Å². The maximum absolute atomic E-state index is 14.2. The van der Waals surface area contributed by atoms with Crippen molar-refractivity contribution in [2.24, 2.45) is 0 Å². The van der Waals surface area contributed by atoms with Gasteiger partial charge in [0.25, 0.3) is 5.56 Å². The highest BCUT2D eigenvalue weighted by molar-refractivity contribution is 5.82. The number of nitrogens with zero attached hydrogens (tertiary/aromatic N) is 2. The van der Waals surface area contributed by atoms with Crippen molar-refractivity contribution in [2.45, 2.75) is 26.3 Å². The normalized spacial score (nSPS) is 15.2. The molecule has 0 unspecified atom stereocenters. The molecule has 0 radical (unpaired) electrons. The van der Waals surface area contributed by atoms with E-state index in [9.17, 15) is 14.0 Å². The topological polar surface area (TPSA) is 58.1 Å². The van der Waals surface area contributed by atoms with Crippen LogP contribution < -0.4 is 16.1 Å². The molecule has 0 spiro atoms. The second-order valence-corrected chi connectivity index (χ2v) is 5.02. The third kappa shape index (κ3) is 1.92. The number of rotatable bonds is 2. The summed E-state index contributed by atoms with van der Waals surface area (Å²) in [5.74, 6) is -0.411. The van der Waals surface area contributed by atoms with Crippen molar-refractivity contribution in [1.29, 1.82) is 0 Å². The van der Waals surface area contributed by atoms with Crippen LogP contribution in [0.4, 0.5) is 10.1 Å². The van der Waals surface area contributed by atoms with Crippen molar-refractivity contribution >= 4 is 16.6 Å². The lowest BCUT2D eigenvalue weighted by Crippen LogP contribution is -2.30. The molecule has 6 heteroatoms. The summed E-state index contributed by atoms with van der Waals surface area (Å²) in [5, 5.41) is 0.215. The molecule has 1 aliphatic rings. The third-order valence-corrected chi connectivity index (χ3v) is 3.83. The molecule has 0 bridgehead atoms. The Kier molecular flexibility index (Phi) is 3.08. The second-order valence-electron chi connectivity index (χ2n) is 5.02. The van der Waals surface area contributed by atoms with Gasteiger partial charge in [0.15, 0.2) is 0 Å². The minimum absolute atomic E-state index is 0.215. The van der Waals surface area contributed by atoms with E-state index in [1.54, 1.807) is 6.07 Å². The average molecular weight is 277 g/mol. The van der Waals surface area contributed by atoms with Crippen LogP contribution in [-0.2, 0) is 6.54 Å². The van der Waals surface area contributed by atoms with Gasteiger partial charge in [-0.05, 0) is 31.9 Å². The van der Waals surface area contributed by atoms with Crippen molar-refractivity contribution in [1.82, 2.24) is 9.55 Å². The van der Waals surface area contributed by atoms with Gasteiger partial charge in [-0.1, -0.05) is 0 Å². The monoisotopic (exact) mass is 277 g/mol. The summed E-state index contributed by atoms with van der Waals surface area (Å²) in [6.07, 6.45) is 2.07. The van der Waals surface area contributed by atoms with Crippen molar-refractivity contribution in [3.05, 3.63) is 38.8 Å². The maximum Gasteiger partial charge on any atom is 0.328 e. The van der Waals surface area contributed by atoms with Crippen molar-refractivity contribution < 1.29 is 4.39 Å². The number of aryl methyl sites for hydroxylation is 1. The molecule has 1 aromatic carbocycles. The first kappa shape index (κ1) is 12.9. The summed E-state index contributed by atoms with van der Waals surface area (Å²) in [5.41, 5.74) is -0.0303. The predicted molar refractivity (Wildman–Crippen MR) is 75.9 cm³/mol. The lowest BCUT2D eigenvalue weighted by Gasteiger charge is -2.19. The first-order valence-corrected chi connectivity index (χ1v) is 6.83. The van der Waals surface area contributed by atoms with Gasteiger partial charge in [0.05, 0.1) is 16.6 Å². The van der Waals surface area contributed by atoms with Crippen LogP contribution in [0.5, 0.6) is 0 Å². The Balaban J connectivity index is 2.32. The summed E-state index contributed by atoms with van der Waals surface area (Å²) in [6.45, 7) is 3.86. The fourth-order valence-electron chi connectivity index (χ4n) is 2.81. The zero-order valence-corrected chi connectivity index (χ0v) is 11.3. The molecular weight excluding hydrogens is 261 g/mol. The van der Waals surface area contributed by atoms with E-state index in [-0.39, 0.29) is 5.39 Å². The number of nitrogens with one attached hydrogen (secondary N) is 1. The minimum Gasteiger partial charge on any atom is -0.369 e. The molecule has 1 saturated heterocycles. The van der Waals surface area contributed by atoms with E-state index in [0.717, 1.165) is 25.9 Å². The van der Waals surface area contributed by atoms with Crippen LogP contribution in [0.3, 0.4) is 0 Å². The summed E-state index contributed by atoms with van der Waals surface area (Å²) in [6, 6.07) is 2.85. The summed E-state index contributed by atoms with van der Waals surface area (Å²) < 4.78 is 15.7. The van der Waals surface area contributed by atoms with Gasteiger partial charge in [-0.3, -0.25) is 14.3 Å². The van der Waals surface area contributed by atoms with E-state index in [1.807, 2.05) is 11.8 Å². The number of anilines is 1. The third-order valence-electron chi connectivity index (χ3n) is 3.83. The molecule has 0 amide bonds. The highest BCUT2D eigenvalue weighted by atomic mass is 19.1. The van der Waals surface area contributed by atoms with Crippen molar-refractivity contribution in [3.63, 3.8) is 0 Å². The lowest BCUT2D eigenvalue weighted by molar-refractivity contribution is 0.623. The number of aromatic nitrogens is 2. The Morgan fingerprint density at radius 3 is 2.60 bits per heavy atom. The fraction of sp³-hybridized carbons (Fsp3) is 0.429. The molecule has 2 heterocycles. The van der Waals surface area contributed by atoms with Crippen LogP contribution in [0.25, 0.3) is 10.9 Å². The Hall–Kier alpha value is -2.11. The van der Waals surface area contributed by atoms with E-state index in [2.05, 4.69) is 4.98 Å². The Morgan fingerprint density at radius 1 is 1.25 bits per heavy atom. The smallest absolute Gasteiger partial charge is 0.328 e.